The van der Waals surface area contributed by atoms with Crippen molar-refractivity contribution < 1.29 is 14.6 Å². The fourth-order valence-electron chi connectivity index (χ4n) is 2.61. The topological polar surface area (TPSA) is 83.2 Å². The van der Waals surface area contributed by atoms with Crippen LogP contribution in [0.25, 0.3) is 0 Å². The molecule has 1 aliphatic rings. The van der Waals surface area contributed by atoms with Gasteiger partial charge in [0.15, 0.2) is 11.4 Å². The smallest absolute Gasteiger partial charge is 0.306 e. The van der Waals surface area contributed by atoms with Gasteiger partial charge < -0.3 is 9.84 Å². The van der Waals surface area contributed by atoms with Crippen molar-refractivity contribution in [2.24, 2.45) is 5.92 Å². The molecule has 0 unspecified atom stereocenters. The van der Waals surface area contributed by atoms with E-state index in [1.54, 1.807) is 6.07 Å². The van der Waals surface area contributed by atoms with Crippen molar-refractivity contribution in [3.05, 3.63) is 23.5 Å². The Labute approximate surface area is 124 Å². The highest BCUT2D eigenvalue weighted by Gasteiger charge is 2.28. The molecule has 5 heteroatoms. The van der Waals surface area contributed by atoms with Gasteiger partial charge in [0, 0.05) is 5.69 Å². The molecule has 0 spiro atoms. The molecule has 1 saturated carbocycles. The van der Waals surface area contributed by atoms with E-state index in [0.29, 0.717) is 18.6 Å². The standard InChI is InChI=1S/C16H20N2O3/c1-10(2)13-6-7-15(14(9-17)18-13)21-12-5-3-4-11(8-12)16(19)20/h6-7,10-12H,3-5,8H2,1-2H3,(H,19,20)/t11-,12-/m0/s1. The Morgan fingerprint density at radius 2 is 2.24 bits per heavy atom. The largest absolute Gasteiger partial charge is 0.487 e. The van der Waals surface area contributed by atoms with Gasteiger partial charge in [-0.3, -0.25) is 4.79 Å². The molecule has 0 saturated heterocycles. The first-order valence-corrected chi connectivity index (χ1v) is 7.31. The Morgan fingerprint density at radius 3 is 2.86 bits per heavy atom. The van der Waals surface area contributed by atoms with Gasteiger partial charge in [-0.1, -0.05) is 13.8 Å². The van der Waals surface area contributed by atoms with E-state index in [-0.39, 0.29) is 23.6 Å². The number of rotatable bonds is 4. The van der Waals surface area contributed by atoms with Crippen molar-refractivity contribution >= 4 is 5.97 Å². The number of hydrogen-bond donors (Lipinski definition) is 1. The first kappa shape index (κ1) is 15.3. The van der Waals surface area contributed by atoms with Crippen LogP contribution in [0.1, 0.15) is 56.8 Å². The zero-order chi connectivity index (χ0) is 15.4. The van der Waals surface area contributed by atoms with Gasteiger partial charge in [-0.25, -0.2) is 4.98 Å². The Balaban J connectivity index is 2.12. The maximum Gasteiger partial charge on any atom is 0.306 e. The zero-order valence-electron chi connectivity index (χ0n) is 12.4. The minimum atomic E-state index is -0.767. The summed E-state index contributed by atoms with van der Waals surface area (Å²) in [5, 5.41) is 18.3. The first-order chi connectivity index (χ1) is 10.0. The first-order valence-electron chi connectivity index (χ1n) is 7.31. The second-order valence-electron chi connectivity index (χ2n) is 5.79. The summed E-state index contributed by atoms with van der Waals surface area (Å²) in [6, 6.07) is 5.69. The third-order valence-electron chi connectivity index (χ3n) is 3.85. The molecule has 1 fully saturated rings. The Hall–Kier alpha value is -2.09. The average molecular weight is 288 g/mol. The van der Waals surface area contributed by atoms with E-state index in [9.17, 15) is 10.1 Å². The predicted octanol–water partition coefficient (Wildman–Crippen LogP) is 3.10. The van der Waals surface area contributed by atoms with Gasteiger partial charge in [0.2, 0.25) is 0 Å². The van der Waals surface area contributed by atoms with Gasteiger partial charge in [-0.15, -0.1) is 0 Å². The minimum Gasteiger partial charge on any atom is -0.487 e. The minimum absolute atomic E-state index is 0.154. The van der Waals surface area contributed by atoms with Crippen LogP contribution >= 0.6 is 0 Å². The molecule has 1 aromatic rings. The lowest BCUT2D eigenvalue weighted by Crippen LogP contribution is -2.29. The van der Waals surface area contributed by atoms with Crippen LogP contribution in [-0.4, -0.2) is 22.2 Å². The van der Waals surface area contributed by atoms with Crippen molar-refractivity contribution in [2.45, 2.75) is 51.6 Å². The van der Waals surface area contributed by atoms with Crippen LogP contribution in [0.3, 0.4) is 0 Å². The number of aromatic nitrogens is 1. The van der Waals surface area contributed by atoms with Gasteiger partial charge in [-0.2, -0.15) is 5.26 Å². The molecule has 0 aliphatic heterocycles. The van der Waals surface area contributed by atoms with Gasteiger partial charge in [-0.05, 0) is 43.7 Å². The fraction of sp³-hybridized carbons (Fsp3) is 0.562. The van der Waals surface area contributed by atoms with Crippen LogP contribution in [-0.2, 0) is 4.79 Å². The van der Waals surface area contributed by atoms with E-state index in [1.165, 1.54) is 0 Å². The summed E-state index contributed by atoms with van der Waals surface area (Å²) in [4.78, 5) is 15.4. The molecular weight excluding hydrogens is 268 g/mol. The lowest BCUT2D eigenvalue weighted by atomic mass is 9.87. The van der Waals surface area contributed by atoms with Crippen molar-refractivity contribution in [3.8, 4) is 11.8 Å². The molecule has 2 rings (SSSR count). The third-order valence-corrected chi connectivity index (χ3v) is 3.85. The molecule has 2 atom stereocenters. The van der Waals surface area contributed by atoms with Crippen molar-refractivity contribution in [2.75, 3.05) is 0 Å². The normalized spacial score (nSPS) is 21.8. The number of nitrogens with zero attached hydrogens (tertiary/aromatic N) is 2. The summed E-state index contributed by atoms with van der Waals surface area (Å²) >= 11 is 0. The number of hydrogen-bond acceptors (Lipinski definition) is 4. The predicted molar refractivity (Wildman–Crippen MR) is 77.1 cm³/mol. The lowest BCUT2D eigenvalue weighted by molar-refractivity contribution is -0.143. The van der Waals surface area contributed by atoms with E-state index >= 15 is 0 Å². The number of carbonyl (C=O) groups is 1. The van der Waals surface area contributed by atoms with Crippen molar-refractivity contribution in [3.63, 3.8) is 0 Å². The Morgan fingerprint density at radius 1 is 1.48 bits per heavy atom. The monoisotopic (exact) mass is 288 g/mol. The highest BCUT2D eigenvalue weighted by atomic mass is 16.5. The molecule has 1 N–H and O–H groups in total. The molecule has 1 heterocycles. The molecule has 0 aromatic carbocycles. The number of ether oxygens (including phenoxy) is 1. The van der Waals surface area contributed by atoms with Crippen LogP contribution < -0.4 is 4.74 Å². The van der Waals surface area contributed by atoms with E-state index in [4.69, 9.17) is 9.84 Å². The summed E-state index contributed by atoms with van der Waals surface area (Å²) in [6.07, 6.45) is 2.69. The van der Waals surface area contributed by atoms with E-state index < -0.39 is 5.97 Å². The number of nitriles is 1. The van der Waals surface area contributed by atoms with Crippen molar-refractivity contribution in [1.29, 1.82) is 5.26 Å². The second-order valence-corrected chi connectivity index (χ2v) is 5.79. The molecule has 0 amide bonds. The average Bonchev–Trinajstić information content (AvgIpc) is 2.47. The van der Waals surface area contributed by atoms with Gasteiger partial charge in [0.1, 0.15) is 6.07 Å². The molecule has 0 radical (unpaired) electrons. The summed E-state index contributed by atoms with van der Waals surface area (Å²) < 4.78 is 5.84. The molecule has 5 nitrogen and oxygen atoms in total. The number of aliphatic carboxylic acids is 1. The van der Waals surface area contributed by atoms with E-state index in [1.807, 2.05) is 19.9 Å². The van der Waals surface area contributed by atoms with Crippen LogP contribution in [0.5, 0.6) is 5.75 Å². The zero-order valence-corrected chi connectivity index (χ0v) is 12.4. The van der Waals surface area contributed by atoms with Crippen molar-refractivity contribution in [1.82, 2.24) is 4.98 Å². The summed E-state index contributed by atoms with van der Waals surface area (Å²) in [5.41, 5.74) is 1.13. The number of carboxylic acid groups (broad SMARTS) is 1. The quantitative estimate of drug-likeness (QED) is 0.920. The van der Waals surface area contributed by atoms with Gasteiger partial charge in [0.05, 0.1) is 12.0 Å². The molecule has 21 heavy (non-hydrogen) atoms. The van der Waals surface area contributed by atoms with Crippen LogP contribution in [0.15, 0.2) is 12.1 Å². The summed E-state index contributed by atoms with van der Waals surface area (Å²) in [6.45, 7) is 4.03. The molecule has 0 bridgehead atoms. The summed E-state index contributed by atoms with van der Waals surface area (Å²) in [7, 11) is 0. The lowest BCUT2D eigenvalue weighted by Gasteiger charge is -2.27. The second kappa shape index (κ2) is 6.57. The van der Waals surface area contributed by atoms with Crippen LogP contribution in [0, 0.1) is 17.2 Å². The maximum absolute atomic E-state index is 11.1. The molecular formula is C16H20N2O3. The van der Waals surface area contributed by atoms with Crippen LogP contribution in [0.2, 0.25) is 0 Å². The number of pyridine rings is 1. The van der Waals surface area contributed by atoms with E-state index in [0.717, 1.165) is 18.5 Å². The Bertz CT molecular complexity index is 563. The van der Waals surface area contributed by atoms with E-state index in [2.05, 4.69) is 11.1 Å². The summed E-state index contributed by atoms with van der Waals surface area (Å²) in [5.74, 6) is -0.413. The van der Waals surface area contributed by atoms with Crippen LogP contribution in [0.4, 0.5) is 0 Å². The Kier molecular flexibility index (Phi) is 4.79. The molecule has 1 aliphatic carbocycles. The SMILES string of the molecule is CC(C)c1ccc(O[C@H]2CCC[C@H](C(=O)O)C2)c(C#N)n1. The highest BCUT2D eigenvalue weighted by molar-refractivity contribution is 5.70. The fourth-order valence-corrected chi connectivity index (χ4v) is 2.61. The van der Waals surface area contributed by atoms with Gasteiger partial charge in [0.25, 0.3) is 0 Å². The number of carboxylic acids is 1. The molecule has 112 valence electrons. The third kappa shape index (κ3) is 3.72. The maximum atomic E-state index is 11.1. The highest BCUT2D eigenvalue weighted by Crippen LogP contribution is 2.29. The molecule has 1 aromatic heterocycles. The van der Waals surface area contributed by atoms with Gasteiger partial charge >= 0.3 is 5.97 Å².